The number of nitrogens with zero attached hydrogens (tertiary/aromatic N) is 3. The van der Waals surface area contributed by atoms with E-state index >= 15 is 0 Å². The number of piperidine rings is 1. The molecule has 0 bridgehead atoms. The first kappa shape index (κ1) is 16.2. The molecular weight excluding hydrogens is 286 g/mol. The Kier molecular flexibility index (Phi) is 4.55. The predicted octanol–water partition coefficient (Wildman–Crippen LogP) is 2.70. The molecule has 1 saturated heterocycles. The summed E-state index contributed by atoms with van der Waals surface area (Å²) in [4.78, 5) is 17.5. The van der Waals surface area contributed by atoms with Crippen molar-refractivity contribution in [1.82, 2.24) is 14.4 Å². The van der Waals surface area contributed by atoms with E-state index in [1.54, 1.807) is 0 Å². The summed E-state index contributed by atoms with van der Waals surface area (Å²) in [6, 6.07) is 8.85. The molecule has 0 N–H and O–H groups in total. The Labute approximate surface area is 138 Å². The van der Waals surface area contributed by atoms with Crippen molar-refractivity contribution in [3.05, 3.63) is 35.5 Å². The van der Waals surface area contributed by atoms with Crippen molar-refractivity contribution in [3.63, 3.8) is 0 Å². The van der Waals surface area contributed by atoms with Gasteiger partial charge >= 0.3 is 0 Å². The zero-order chi connectivity index (χ0) is 16.6. The third-order valence-electron chi connectivity index (χ3n) is 5.33. The first-order valence-electron chi connectivity index (χ1n) is 8.45. The van der Waals surface area contributed by atoms with Crippen LogP contribution >= 0.6 is 0 Å². The van der Waals surface area contributed by atoms with Crippen molar-refractivity contribution < 1.29 is 4.79 Å². The van der Waals surface area contributed by atoms with Crippen molar-refractivity contribution >= 4 is 16.7 Å². The van der Waals surface area contributed by atoms with E-state index in [2.05, 4.69) is 40.6 Å². The van der Waals surface area contributed by atoms with E-state index in [-0.39, 0.29) is 5.78 Å². The van der Waals surface area contributed by atoms with Gasteiger partial charge in [-0.1, -0.05) is 18.2 Å². The van der Waals surface area contributed by atoms with E-state index in [4.69, 9.17) is 0 Å². The number of hydrogen-bond donors (Lipinski definition) is 0. The van der Waals surface area contributed by atoms with Gasteiger partial charge in [-0.3, -0.25) is 9.69 Å². The van der Waals surface area contributed by atoms with Crippen LogP contribution in [0.5, 0.6) is 0 Å². The lowest BCUT2D eigenvalue weighted by atomic mass is 10.0. The Hall–Kier alpha value is -1.65. The lowest BCUT2D eigenvalue weighted by Gasteiger charge is -2.34. The molecule has 0 spiro atoms. The largest absolute Gasteiger partial charge is 0.347 e. The molecule has 1 aliphatic rings. The highest BCUT2D eigenvalue weighted by Gasteiger charge is 2.24. The molecule has 1 aliphatic heterocycles. The van der Waals surface area contributed by atoms with Crippen LogP contribution in [0, 0.1) is 6.92 Å². The predicted molar refractivity (Wildman–Crippen MR) is 95.1 cm³/mol. The van der Waals surface area contributed by atoms with Crippen molar-refractivity contribution in [2.75, 3.05) is 33.7 Å². The van der Waals surface area contributed by atoms with Crippen LogP contribution in [0.15, 0.2) is 24.3 Å². The number of hydrogen-bond acceptors (Lipinski definition) is 3. The van der Waals surface area contributed by atoms with E-state index in [0.717, 1.165) is 48.1 Å². The highest BCUT2D eigenvalue weighted by atomic mass is 16.1. The number of likely N-dealkylation sites (tertiary alicyclic amines) is 1. The Morgan fingerprint density at radius 3 is 2.52 bits per heavy atom. The van der Waals surface area contributed by atoms with Crippen LogP contribution in [0.3, 0.4) is 0 Å². The summed E-state index contributed by atoms with van der Waals surface area (Å²) in [7, 11) is 6.33. The topological polar surface area (TPSA) is 28.5 Å². The Morgan fingerprint density at radius 1 is 1.22 bits per heavy atom. The molecule has 2 aromatic rings. The fourth-order valence-electron chi connectivity index (χ4n) is 3.75. The van der Waals surface area contributed by atoms with Gasteiger partial charge in [0.15, 0.2) is 5.78 Å². The zero-order valence-electron chi connectivity index (χ0n) is 14.7. The van der Waals surface area contributed by atoms with Gasteiger partial charge in [0.2, 0.25) is 0 Å². The number of fused-ring (bicyclic) bond motifs is 1. The van der Waals surface area contributed by atoms with Crippen LogP contribution < -0.4 is 0 Å². The molecule has 1 fully saturated rings. The highest BCUT2D eigenvalue weighted by molar-refractivity contribution is 6.10. The van der Waals surface area contributed by atoms with Crippen molar-refractivity contribution in [1.29, 1.82) is 0 Å². The van der Waals surface area contributed by atoms with Crippen LogP contribution in [0.4, 0.5) is 0 Å². The minimum absolute atomic E-state index is 0.252. The Bertz CT molecular complexity index is 709. The second-order valence-corrected chi connectivity index (χ2v) is 6.93. The molecule has 124 valence electrons. The Morgan fingerprint density at radius 2 is 1.87 bits per heavy atom. The third-order valence-corrected chi connectivity index (χ3v) is 5.33. The number of rotatable bonds is 4. The summed E-state index contributed by atoms with van der Waals surface area (Å²) in [6.07, 6.45) is 2.30. The lowest BCUT2D eigenvalue weighted by molar-refractivity contribution is 0.0875. The minimum Gasteiger partial charge on any atom is -0.347 e. The quantitative estimate of drug-likeness (QED) is 0.813. The molecule has 23 heavy (non-hydrogen) atoms. The van der Waals surface area contributed by atoms with E-state index in [1.165, 1.54) is 0 Å². The number of carbonyl (C=O) groups is 1. The smallest absolute Gasteiger partial charge is 0.179 e. The maximum atomic E-state index is 12.9. The number of para-hydroxylation sites is 1. The van der Waals surface area contributed by atoms with Gasteiger partial charge in [0, 0.05) is 48.3 Å². The normalized spacial score (nSPS) is 17.3. The molecule has 4 heteroatoms. The van der Waals surface area contributed by atoms with Gasteiger partial charge in [-0.05, 0) is 39.9 Å². The van der Waals surface area contributed by atoms with E-state index < -0.39 is 0 Å². The second-order valence-electron chi connectivity index (χ2n) is 6.93. The number of benzene rings is 1. The monoisotopic (exact) mass is 313 g/mol. The molecule has 0 aliphatic carbocycles. The van der Waals surface area contributed by atoms with Gasteiger partial charge in [0.05, 0.1) is 6.54 Å². The number of aryl methyl sites for hydroxylation is 1. The summed E-state index contributed by atoms with van der Waals surface area (Å²) in [6.45, 7) is 4.61. The molecule has 0 amide bonds. The number of aromatic nitrogens is 1. The van der Waals surface area contributed by atoms with Gasteiger partial charge in [-0.2, -0.15) is 0 Å². The standard InChI is InChI=1S/C19H27N3O/c1-14-19(16-7-5-6-8-17(16)21(14)4)18(23)13-22-11-9-15(10-12-22)20(2)3/h5-8,15H,9-13H2,1-4H3. The maximum Gasteiger partial charge on any atom is 0.179 e. The number of Topliss-reactive ketones (excluding diaryl/α,β-unsaturated/α-hetero) is 1. The Balaban J connectivity index is 1.76. The van der Waals surface area contributed by atoms with Gasteiger partial charge in [0.25, 0.3) is 0 Å². The second kappa shape index (κ2) is 6.46. The summed E-state index contributed by atoms with van der Waals surface area (Å²) in [5.74, 6) is 0.252. The van der Waals surface area contributed by atoms with Crippen LogP contribution in [0.2, 0.25) is 0 Å². The first-order chi connectivity index (χ1) is 11.0. The molecule has 2 heterocycles. The van der Waals surface area contributed by atoms with Gasteiger partial charge in [0.1, 0.15) is 0 Å². The molecular formula is C19H27N3O. The number of carbonyl (C=O) groups excluding carboxylic acids is 1. The molecule has 0 saturated carbocycles. The van der Waals surface area contributed by atoms with E-state index in [0.29, 0.717) is 12.6 Å². The van der Waals surface area contributed by atoms with Crippen LogP contribution in [-0.2, 0) is 7.05 Å². The van der Waals surface area contributed by atoms with Crippen molar-refractivity contribution in [2.24, 2.45) is 7.05 Å². The maximum absolute atomic E-state index is 12.9. The first-order valence-corrected chi connectivity index (χ1v) is 8.45. The van der Waals surface area contributed by atoms with Crippen molar-refractivity contribution in [2.45, 2.75) is 25.8 Å². The van der Waals surface area contributed by atoms with Gasteiger partial charge < -0.3 is 9.47 Å². The number of ketones is 1. The minimum atomic E-state index is 0.252. The fourth-order valence-corrected chi connectivity index (χ4v) is 3.75. The van der Waals surface area contributed by atoms with E-state index in [9.17, 15) is 4.79 Å². The zero-order valence-corrected chi connectivity index (χ0v) is 14.7. The molecule has 0 radical (unpaired) electrons. The fraction of sp³-hybridized carbons (Fsp3) is 0.526. The van der Waals surface area contributed by atoms with Crippen LogP contribution in [-0.4, -0.2) is 59.9 Å². The molecule has 3 rings (SSSR count). The van der Waals surface area contributed by atoms with Gasteiger partial charge in [-0.25, -0.2) is 0 Å². The van der Waals surface area contributed by atoms with Gasteiger partial charge in [-0.15, -0.1) is 0 Å². The van der Waals surface area contributed by atoms with Crippen molar-refractivity contribution in [3.8, 4) is 0 Å². The lowest BCUT2D eigenvalue weighted by Crippen LogP contribution is -2.43. The molecule has 1 aromatic heterocycles. The van der Waals surface area contributed by atoms with Crippen LogP contribution in [0.1, 0.15) is 28.9 Å². The summed E-state index contributed by atoms with van der Waals surface area (Å²) >= 11 is 0. The summed E-state index contributed by atoms with van der Waals surface area (Å²) in [5, 5.41) is 1.08. The van der Waals surface area contributed by atoms with Crippen LogP contribution in [0.25, 0.3) is 10.9 Å². The summed E-state index contributed by atoms with van der Waals surface area (Å²) < 4.78 is 2.13. The average molecular weight is 313 g/mol. The molecule has 0 unspecified atom stereocenters. The summed E-state index contributed by atoms with van der Waals surface area (Å²) in [5.41, 5.74) is 3.11. The highest BCUT2D eigenvalue weighted by Crippen LogP contribution is 2.25. The SMILES string of the molecule is Cc1c(C(=O)CN2CCC(N(C)C)CC2)c2ccccc2n1C. The molecule has 4 nitrogen and oxygen atoms in total. The third kappa shape index (κ3) is 3.06. The average Bonchev–Trinajstić information content (AvgIpc) is 2.80. The van der Waals surface area contributed by atoms with E-state index in [1.807, 2.05) is 26.1 Å². The molecule has 0 atom stereocenters. The molecule has 1 aromatic carbocycles.